The minimum absolute atomic E-state index is 0.0607. The molecule has 5 heteroatoms. The molecule has 0 fully saturated rings. The lowest BCUT2D eigenvalue weighted by atomic mass is 10.0. The van der Waals surface area contributed by atoms with Crippen molar-refractivity contribution in [2.45, 2.75) is 27.3 Å². The fourth-order valence-corrected chi connectivity index (χ4v) is 2.11. The molecule has 1 heterocycles. The topological polar surface area (TPSA) is 50.5 Å². The molecule has 0 saturated carbocycles. The molecule has 0 aliphatic heterocycles. The van der Waals surface area contributed by atoms with E-state index in [2.05, 4.69) is 17.0 Å². The molecule has 0 aliphatic rings. The van der Waals surface area contributed by atoms with E-state index in [1.165, 1.54) is 0 Å². The second-order valence-corrected chi connectivity index (χ2v) is 5.40. The zero-order valence-electron chi connectivity index (χ0n) is 13.6. The Balaban J connectivity index is 2.22. The van der Waals surface area contributed by atoms with E-state index >= 15 is 0 Å². The van der Waals surface area contributed by atoms with Gasteiger partial charge in [-0.15, -0.1) is 0 Å². The number of hydrogen-bond donors (Lipinski definition) is 0. The molecule has 5 nitrogen and oxygen atoms in total. The van der Waals surface area contributed by atoms with Gasteiger partial charge in [0.25, 0.3) is 0 Å². The number of carbonyl (C=O) groups excluding carboxylic acids is 1. The Morgan fingerprint density at radius 2 is 2.14 bits per heavy atom. The van der Waals surface area contributed by atoms with Crippen molar-refractivity contribution in [1.29, 1.82) is 0 Å². The van der Waals surface area contributed by atoms with Gasteiger partial charge in [-0.05, 0) is 50.1 Å². The van der Waals surface area contributed by atoms with Crippen molar-refractivity contribution in [3.05, 3.63) is 47.3 Å². The summed E-state index contributed by atoms with van der Waals surface area (Å²) < 4.78 is 1.64. The van der Waals surface area contributed by atoms with Gasteiger partial charge in [-0.25, -0.2) is 4.99 Å². The van der Waals surface area contributed by atoms with Crippen LogP contribution in [0.25, 0.3) is 0 Å². The predicted octanol–water partition coefficient (Wildman–Crippen LogP) is 2.99. The molecule has 0 bridgehead atoms. The fourth-order valence-electron chi connectivity index (χ4n) is 2.11. The van der Waals surface area contributed by atoms with Gasteiger partial charge in [-0.2, -0.15) is 5.10 Å². The fraction of sp³-hybridized carbons (Fsp3) is 0.353. The van der Waals surface area contributed by atoms with Crippen molar-refractivity contribution in [2.75, 3.05) is 13.6 Å². The Kier molecular flexibility index (Phi) is 5.09. The number of Topliss-reactive ketones (excluding diaryl/α,β-unsaturated/α-hetero) is 1. The van der Waals surface area contributed by atoms with E-state index in [1.807, 2.05) is 50.3 Å². The van der Waals surface area contributed by atoms with Gasteiger partial charge in [0.2, 0.25) is 0 Å². The highest BCUT2D eigenvalue weighted by molar-refractivity contribution is 5.98. The third-order valence-electron chi connectivity index (χ3n) is 3.60. The Labute approximate surface area is 131 Å². The Hall–Kier alpha value is -2.43. The van der Waals surface area contributed by atoms with Crippen molar-refractivity contribution in [3.63, 3.8) is 0 Å². The van der Waals surface area contributed by atoms with E-state index in [9.17, 15) is 4.79 Å². The summed E-state index contributed by atoms with van der Waals surface area (Å²) in [6, 6.07) is 5.69. The van der Waals surface area contributed by atoms with Crippen LogP contribution in [0, 0.1) is 13.8 Å². The predicted molar refractivity (Wildman–Crippen MR) is 88.9 cm³/mol. The Morgan fingerprint density at radius 3 is 2.77 bits per heavy atom. The highest BCUT2D eigenvalue weighted by Crippen LogP contribution is 2.23. The summed E-state index contributed by atoms with van der Waals surface area (Å²) in [5.41, 5.74) is 3.56. The van der Waals surface area contributed by atoms with Gasteiger partial charge in [-0.1, -0.05) is 0 Å². The molecule has 0 spiro atoms. The zero-order chi connectivity index (χ0) is 16.1. The molecular formula is C17H22N4O. The number of benzene rings is 1. The van der Waals surface area contributed by atoms with Gasteiger partial charge in [0.1, 0.15) is 6.54 Å². The summed E-state index contributed by atoms with van der Waals surface area (Å²) in [4.78, 5) is 18.9. The highest BCUT2D eigenvalue weighted by atomic mass is 16.1. The SMILES string of the molecule is CCN(C)/C=N\c1cc(C)c(C(=O)Cn2cccn2)cc1C. The van der Waals surface area contributed by atoms with Crippen LogP contribution in [-0.4, -0.2) is 40.4 Å². The first-order valence-corrected chi connectivity index (χ1v) is 7.37. The molecule has 22 heavy (non-hydrogen) atoms. The first-order valence-electron chi connectivity index (χ1n) is 7.37. The van der Waals surface area contributed by atoms with Gasteiger partial charge in [-0.3, -0.25) is 9.48 Å². The van der Waals surface area contributed by atoms with Crippen LogP contribution in [0.4, 0.5) is 5.69 Å². The second kappa shape index (κ2) is 7.02. The van der Waals surface area contributed by atoms with Crippen molar-refractivity contribution in [1.82, 2.24) is 14.7 Å². The third kappa shape index (κ3) is 3.81. The molecule has 0 aliphatic carbocycles. The molecule has 1 aromatic carbocycles. The van der Waals surface area contributed by atoms with E-state index < -0.39 is 0 Å². The van der Waals surface area contributed by atoms with Gasteiger partial charge in [0.05, 0.1) is 12.0 Å². The summed E-state index contributed by atoms with van der Waals surface area (Å²) in [6.45, 7) is 7.15. The van der Waals surface area contributed by atoms with Crippen LogP contribution in [0.2, 0.25) is 0 Å². The molecule has 0 N–H and O–H groups in total. The molecule has 2 rings (SSSR count). The van der Waals surface area contributed by atoms with Gasteiger partial charge >= 0.3 is 0 Å². The number of ketones is 1. The second-order valence-electron chi connectivity index (χ2n) is 5.40. The standard InChI is InChI=1S/C17H22N4O/c1-5-20(4)12-18-16-10-13(2)15(9-14(16)3)17(22)11-21-8-6-7-19-21/h6-10,12H,5,11H2,1-4H3/b18-12-. The summed E-state index contributed by atoms with van der Waals surface area (Å²) in [5.74, 6) is 0.0607. The van der Waals surface area contributed by atoms with E-state index in [4.69, 9.17) is 0 Å². The largest absolute Gasteiger partial charge is 0.366 e. The van der Waals surface area contributed by atoms with Gasteiger partial charge in [0, 0.05) is 31.5 Å². The monoisotopic (exact) mass is 298 g/mol. The van der Waals surface area contributed by atoms with Crippen molar-refractivity contribution in [3.8, 4) is 0 Å². The van der Waals surface area contributed by atoms with Crippen LogP contribution in [0.15, 0.2) is 35.6 Å². The molecule has 1 aromatic heterocycles. The lowest BCUT2D eigenvalue weighted by Crippen LogP contribution is -2.14. The van der Waals surface area contributed by atoms with Crippen LogP contribution in [0.3, 0.4) is 0 Å². The summed E-state index contributed by atoms with van der Waals surface area (Å²) in [6.07, 6.45) is 5.28. The van der Waals surface area contributed by atoms with E-state index in [1.54, 1.807) is 17.1 Å². The van der Waals surface area contributed by atoms with Crippen LogP contribution >= 0.6 is 0 Å². The first kappa shape index (κ1) is 15.9. The lowest BCUT2D eigenvalue weighted by Gasteiger charge is -2.11. The van der Waals surface area contributed by atoms with Crippen molar-refractivity contribution in [2.24, 2.45) is 4.99 Å². The average Bonchev–Trinajstić information content (AvgIpc) is 3.00. The van der Waals surface area contributed by atoms with E-state index in [0.717, 1.165) is 28.9 Å². The van der Waals surface area contributed by atoms with Crippen LogP contribution < -0.4 is 0 Å². The molecule has 0 radical (unpaired) electrons. The third-order valence-corrected chi connectivity index (χ3v) is 3.60. The van der Waals surface area contributed by atoms with Crippen molar-refractivity contribution >= 4 is 17.8 Å². The van der Waals surface area contributed by atoms with Gasteiger partial charge in [0.15, 0.2) is 5.78 Å². The summed E-state index contributed by atoms with van der Waals surface area (Å²) in [5, 5.41) is 4.08. The van der Waals surface area contributed by atoms with E-state index in [-0.39, 0.29) is 12.3 Å². The molecule has 116 valence electrons. The van der Waals surface area contributed by atoms with Crippen molar-refractivity contribution < 1.29 is 4.79 Å². The summed E-state index contributed by atoms with van der Waals surface area (Å²) >= 11 is 0. The maximum absolute atomic E-state index is 12.4. The Morgan fingerprint density at radius 1 is 1.36 bits per heavy atom. The maximum Gasteiger partial charge on any atom is 0.184 e. The quantitative estimate of drug-likeness (QED) is 0.468. The normalized spacial score (nSPS) is 11.1. The molecule has 2 aromatic rings. The molecule has 0 saturated heterocycles. The first-order chi connectivity index (χ1) is 10.5. The number of nitrogens with zero attached hydrogens (tertiary/aromatic N) is 4. The minimum atomic E-state index is 0.0607. The van der Waals surface area contributed by atoms with E-state index in [0.29, 0.717) is 0 Å². The number of aliphatic imine (C=N–C) groups is 1. The Bertz CT molecular complexity index is 674. The highest BCUT2D eigenvalue weighted by Gasteiger charge is 2.12. The number of aromatic nitrogens is 2. The zero-order valence-corrected chi connectivity index (χ0v) is 13.6. The number of carbonyl (C=O) groups is 1. The van der Waals surface area contributed by atoms with Gasteiger partial charge < -0.3 is 4.90 Å². The number of aryl methyl sites for hydroxylation is 2. The maximum atomic E-state index is 12.4. The average molecular weight is 298 g/mol. The minimum Gasteiger partial charge on any atom is -0.366 e. The van der Waals surface area contributed by atoms with Crippen LogP contribution in [0.1, 0.15) is 28.4 Å². The molecule has 0 atom stereocenters. The molecule has 0 amide bonds. The number of hydrogen-bond acceptors (Lipinski definition) is 3. The van der Waals surface area contributed by atoms with Crippen LogP contribution in [-0.2, 0) is 6.54 Å². The molecular weight excluding hydrogens is 276 g/mol. The molecule has 0 unspecified atom stereocenters. The lowest BCUT2D eigenvalue weighted by molar-refractivity contribution is 0.0967. The number of rotatable bonds is 6. The summed E-state index contributed by atoms with van der Waals surface area (Å²) in [7, 11) is 1.98. The smallest absolute Gasteiger partial charge is 0.184 e. The van der Waals surface area contributed by atoms with Crippen LogP contribution in [0.5, 0.6) is 0 Å².